The number of esters is 1. The highest BCUT2D eigenvalue weighted by Crippen LogP contribution is 2.19. The summed E-state index contributed by atoms with van der Waals surface area (Å²) in [5.74, 6) is -1.87. The Bertz CT molecular complexity index is 447. The topological polar surface area (TPSA) is 117 Å². The maximum atomic E-state index is 11.2. The van der Waals surface area contributed by atoms with Crippen molar-refractivity contribution in [3.63, 3.8) is 0 Å². The van der Waals surface area contributed by atoms with E-state index < -0.39 is 30.6 Å². The summed E-state index contributed by atoms with van der Waals surface area (Å²) in [6.07, 6.45) is -1.03. The first-order chi connectivity index (χ1) is 8.45. The smallest absolute Gasteiger partial charge is 0.339 e. The molecule has 1 aromatic heterocycles. The van der Waals surface area contributed by atoms with Gasteiger partial charge in [-0.1, -0.05) is 0 Å². The molecule has 0 amide bonds. The number of ether oxygens (including phenoxy) is 1. The maximum absolute atomic E-state index is 11.2. The second kappa shape index (κ2) is 6.08. The number of aliphatic hydroxyl groups is 2. The Morgan fingerprint density at radius 2 is 2.06 bits per heavy atom. The molecular weight excluding hydrogens is 242 g/mol. The molecule has 2 unspecified atom stereocenters. The normalized spacial score (nSPS) is 13.7. The third-order valence-corrected chi connectivity index (χ3v) is 2.27. The van der Waals surface area contributed by atoms with Gasteiger partial charge < -0.3 is 20.1 Å². The van der Waals surface area contributed by atoms with Crippen molar-refractivity contribution in [2.75, 3.05) is 7.11 Å². The zero-order valence-corrected chi connectivity index (χ0v) is 9.61. The van der Waals surface area contributed by atoms with Crippen LogP contribution in [0.2, 0.25) is 0 Å². The molecule has 0 aliphatic rings. The summed E-state index contributed by atoms with van der Waals surface area (Å²) >= 11 is 0. The summed E-state index contributed by atoms with van der Waals surface area (Å²) in [4.78, 5) is 25.4. The molecule has 0 fully saturated rings. The van der Waals surface area contributed by atoms with Gasteiger partial charge in [0, 0.05) is 18.0 Å². The Hall–Kier alpha value is -1.99. The molecule has 2 atom stereocenters. The van der Waals surface area contributed by atoms with E-state index in [0.29, 0.717) is 0 Å². The van der Waals surface area contributed by atoms with Crippen LogP contribution in [0.1, 0.15) is 28.4 Å². The van der Waals surface area contributed by atoms with Crippen molar-refractivity contribution in [1.82, 2.24) is 4.98 Å². The van der Waals surface area contributed by atoms with Crippen LogP contribution >= 0.6 is 0 Å². The van der Waals surface area contributed by atoms with E-state index in [0.717, 1.165) is 0 Å². The van der Waals surface area contributed by atoms with Gasteiger partial charge in [-0.15, -0.1) is 0 Å². The Balaban J connectivity index is 2.89. The van der Waals surface area contributed by atoms with Crippen LogP contribution in [0.15, 0.2) is 18.5 Å². The number of pyridine rings is 1. The lowest BCUT2D eigenvalue weighted by Crippen LogP contribution is -2.22. The number of aromatic nitrogens is 1. The van der Waals surface area contributed by atoms with Gasteiger partial charge in [-0.05, 0) is 6.07 Å². The van der Waals surface area contributed by atoms with E-state index in [-0.39, 0.29) is 11.1 Å². The van der Waals surface area contributed by atoms with Gasteiger partial charge in [0.1, 0.15) is 6.10 Å². The largest absolute Gasteiger partial charge is 0.481 e. The Kier molecular flexibility index (Phi) is 4.75. The fraction of sp³-hybridized carbons (Fsp3) is 0.364. The first kappa shape index (κ1) is 14.1. The zero-order valence-electron chi connectivity index (χ0n) is 9.61. The fourth-order valence-corrected chi connectivity index (χ4v) is 1.36. The second-order valence-corrected chi connectivity index (χ2v) is 3.61. The molecule has 0 radical (unpaired) electrons. The lowest BCUT2D eigenvalue weighted by molar-refractivity contribution is -0.141. The summed E-state index contributed by atoms with van der Waals surface area (Å²) in [6.45, 7) is 0. The Morgan fingerprint density at radius 1 is 1.39 bits per heavy atom. The molecule has 7 nitrogen and oxygen atoms in total. The van der Waals surface area contributed by atoms with Crippen LogP contribution < -0.4 is 0 Å². The molecule has 0 saturated heterocycles. The summed E-state index contributed by atoms with van der Waals surface area (Å²) in [6, 6.07) is 1.29. The predicted octanol–water partition coefficient (Wildman–Crippen LogP) is -0.263. The van der Waals surface area contributed by atoms with E-state index in [1.165, 1.54) is 25.6 Å². The number of methoxy groups -OCH3 is 1. The number of hydrogen-bond acceptors (Lipinski definition) is 6. The standard InChI is InChI=1S/C11H13NO6/c1-18-11(17)7-2-6(4-12-5-7)10(16)8(13)3-9(14)15/h2,4-5,8,10,13,16H,3H2,1H3,(H,14,15). The molecule has 0 bridgehead atoms. The molecule has 0 aromatic carbocycles. The first-order valence-electron chi connectivity index (χ1n) is 5.07. The number of rotatable bonds is 5. The highest BCUT2D eigenvalue weighted by Gasteiger charge is 2.22. The number of carbonyl (C=O) groups excluding carboxylic acids is 1. The number of carboxylic acid groups (broad SMARTS) is 1. The fourth-order valence-electron chi connectivity index (χ4n) is 1.36. The van der Waals surface area contributed by atoms with Crippen molar-refractivity contribution in [3.05, 3.63) is 29.6 Å². The van der Waals surface area contributed by atoms with Crippen molar-refractivity contribution >= 4 is 11.9 Å². The zero-order chi connectivity index (χ0) is 13.7. The molecule has 3 N–H and O–H groups in total. The number of aliphatic hydroxyl groups excluding tert-OH is 2. The van der Waals surface area contributed by atoms with Crippen molar-refractivity contribution in [1.29, 1.82) is 0 Å². The summed E-state index contributed by atoms with van der Waals surface area (Å²) in [7, 11) is 1.20. The third kappa shape index (κ3) is 3.51. The van der Waals surface area contributed by atoms with Crippen LogP contribution in [0.3, 0.4) is 0 Å². The molecule has 18 heavy (non-hydrogen) atoms. The molecule has 0 saturated carbocycles. The third-order valence-electron chi connectivity index (χ3n) is 2.27. The van der Waals surface area contributed by atoms with E-state index in [1.54, 1.807) is 0 Å². The quantitative estimate of drug-likeness (QED) is 0.620. The minimum atomic E-state index is -1.47. The van der Waals surface area contributed by atoms with Gasteiger partial charge in [-0.2, -0.15) is 0 Å². The van der Waals surface area contributed by atoms with Gasteiger partial charge in [0.2, 0.25) is 0 Å². The number of carboxylic acids is 1. The van der Waals surface area contributed by atoms with E-state index in [1.807, 2.05) is 0 Å². The lowest BCUT2D eigenvalue weighted by atomic mass is 10.0. The SMILES string of the molecule is COC(=O)c1cncc(C(O)C(O)CC(=O)O)c1. The molecule has 1 rings (SSSR count). The number of hydrogen-bond donors (Lipinski definition) is 3. The molecular formula is C11H13NO6. The van der Waals surface area contributed by atoms with Gasteiger partial charge in [0.15, 0.2) is 0 Å². The van der Waals surface area contributed by atoms with E-state index in [2.05, 4.69) is 9.72 Å². The molecule has 98 valence electrons. The molecule has 7 heteroatoms. The van der Waals surface area contributed by atoms with Crippen LogP contribution in [0, 0.1) is 0 Å². The molecule has 1 aromatic rings. The Morgan fingerprint density at radius 3 is 2.61 bits per heavy atom. The average molecular weight is 255 g/mol. The van der Waals surface area contributed by atoms with Gasteiger partial charge >= 0.3 is 11.9 Å². The second-order valence-electron chi connectivity index (χ2n) is 3.61. The number of carbonyl (C=O) groups is 2. The minimum absolute atomic E-state index is 0.108. The van der Waals surface area contributed by atoms with Gasteiger partial charge in [-0.25, -0.2) is 4.79 Å². The monoisotopic (exact) mass is 255 g/mol. The summed E-state index contributed by atoms with van der Waals surface area (Å²) < 4.78 is 4.48. The first-order valence-corrected chi connectivity index (χ1v) is 5.07. The highest BCUT2D eigenvalue weighted by molar-refractivity contribution is 5.89. The minimum Gasteiger partial charge on any atom is -0.481 e. The Labute approximate surface area is 103 Å². The number of aliphatic carboxylic acids is 1. The van der Waals surface area contributed by atoms with Crippen molar-refractivity contribution < 1.29 is 29.6 Å². The summed E-state index contributed by atoms with van der Waals surface area (Å²) in [5.41, 5.74) is 0.253. The van der Waals surface area contributed by atoms with Crippen LogP contribution in [-0.2, 0) is 9.53 Å². The molecule has 0 aliphatic carbocycles. The number of nitrogens with zero attached hydrogens (tertiary/aromatic N) is 1. The lowest BCUT2D eigenvalue weighted by Gasteiger charge is -2.16. The van der Waals surface area contributed by atoms with Crippen molar-refractivity contribution in [2.24, 2.45) is 0 Å². The van der Waals surface area contributed by atoms with E-state index >= 15 is 0 Å². The summed E-state index contributed by atoms with van der Waals surface area (Å²) in [5, 5.41) is 27.7. The molecule has 0 aliphatic heterocycles. The van der Waals surface area contributed by atoms with Crippen LogP contribution in [-0.4, -0.2) is 45.5 Å². The van der Waals surface area contributed by atoms with Crippen molar-refractivity contribution in [3.8, 4) is 0 Å². The van der Waals surface area contributed by atoms with E-state index in [4.69, 9.17) is 5.11 Å². The van der Waals surface area contributed by atoms with Gasteiger partial charge in [-0.3, -0.25) is 9.78 Å². The van der Waals surface area contributed by atoms with Gasteiger partial charge in [0.25, 0.3) is 0 Å². The molecule has 0 spiro atoms. The van der Waals surface area contributed by atoms with Crippen LogP contribution in [0.5, 0.6) is 0 Å². The van der Waals surface area contributed by atoms with Crippen LogP contribution in [0.4, 0.5) is 0 Å². The van der Waals surface area contributed by atoms with Crippen LogP contribution in [0.25, 0.3) is 0 Å². The van der Waals surface area contributed by atoms with E-state index in [9.17, 15) is 19.8 Å². The average Bonchev–Trinajstić information content (AvgIpc) is 2.36. The highest BCUT2D eigenvalue weighted by atomic mass is 16.5. The van der Waals surface area contributed by atoms with Crippen molar-refractivity contribution in [2.45, 2.75) is 18.6 Å². The van der Waals surface area contributed by atoms with Gasteiger partial charge in [0.05, 0.1) is 25.2 Å². The maximum Gasteiger partial charge on any atom is 0.339 e. The molecule has 1 heterocycles. The predicted molar refractivity (Wildman–Crippen MR) is 58.8 cm³/mol.